The third-order valence-electron chi connectivity index (χ3n) is 5.48. The van der Waals surface area contributed by atoms with E-state index in [4.69, 9.17) is 11.5 Å². The van der Waals surface area contributed by atoms with Gasteiger partial charge in [0, 0.05) is 47.8 Å². The molecule has 2 atom stereocenters. The molecule has 1 aliphatic heterocycles. The fourth-order valence-corrected chi connectivity index (χ4v) is 4.32. The average Bonchev–Trinajstić information content (AvgIpc) is 3.09. The summed E-state index contributed by atoms with van der Waals surface area (Å²) in [6.07, 6.45) is 4.54. The Morgan fingerprint density at radius 2 is 1.97 bits per heavy atom. The lowest BCUT2D eigenvalue weighted by atomic mass is 9.85. The van der Waals surface area contributed by atoms with Crippen LogP contribution >= 0.6 is 0 Å². The molecule has 29 heavy (non-hydrogen) atoms. The van der Waals surface area contributed by atoms with Crippen LogP contribution in [0.15, 0.2) is 55.4 Å². The van der Waals surface area contributed by atoms with Crippen LogP contribution < -0.4 is 11.5 Å². The van der Waals surface area contributed by atoms with E-state index in [2.05, 4.69) is 18.5 Å². The predicted molar refractivity (Wildman–Crippen MR) is 117 cm³/mol. The number of carbonyl (C=O) groups excluding carboxylic acids is 1. The molecular weight excluding hydrogens is 362 g/mol. The maximum absolute atomic E-state index is 13.1. The van der Waals surface area contributed by atoms with Gasteiger partial charge in [0.2, 0.25) is 0 Å². The van der Waals surface area contributed by atoms with Gasteiger partial charge in [0.25, 0.3) is 5.91 Å². The third-order valence-corrected chi connectivity index (χ3v) is 5.48. The first-order chi connectivity index (χ1) is 13.7. The summed E-state index contributed by atoms with van der Waals surface area (Å²) >= 11 is 0. The summed E-state index contributed by atoms with van der Waals surface area (Å²) in [5.74, 6) is 0.370. The maximum Gasteiger partial charge on any atom is 0.255 e. The summed E-state index contributed by atoms with van der Waals surface area (Å²) in [6, 6.07) is 11.7. The SMILES string of the molecule is C=C(N)c1ccc(-n2ccc3cc(C(=O)N4C[C@@H](C)C[C@](C)(N)C4)cnc32)cc1. The number of aromatic nitrogens is 2. The molecule has 1 aromatic carbocycles. The zero-order valence-corrected chi connectivity index (χ0v) is 16.9. The van der Waals surface area contributed by atoms with Crippen molar-refractivity contribution in [3.63, 3.8) is 0 Å². The van der Waals surface area contributed by atoms with E-state index in [1.54, 1.807) is 6.20 Å². The van der Waals surface area contributed by atoms with Crippen molar-refractivity contribution >= 4 is 22.6 Å². The summed E-state index contributed by atoms with van der Waals surface area (Å²) in [7, 11) is 0. The van der Waals surface area contributed by atoms with E-state index in [9.17, 15) is 4.79 Å². The Kier molecular flexibility index (Phi) is 4.67. The van der Waals surface area contributed by atoms with Gasteiger partial charge in [0.1, 0.15) is 5.65 Å². The summed E-state index contributed by atoms with van der Waals surface area (Å²) in [4.78, 5) is 19.5. The number of fused-ring (bicyclic) bond motifs is 1. The normalized spacial score (nSPS) is 22.0. The van der Waals surface area contributed by atoms with Crippen LogP contribution in [0.3, 0.4) is 0 Å². The number of hydrogen-bond acceptors (Lipinski definition) is 4. The van der Waals surface area contributed by atoms with Gasteiger partial charge < -0.3 is 20.9 Å². The summed E-state index contributed by atoms with van der Waals surface area (Å²) in [5.41, 5.74) is 15.5. The van der Waals surface area contributed by atoms with Crippen LogP contribution in [-0.2, 0) is 0 Å². The van der Waals surface area contributed by atoms with E-state index < -0.39 is 0 Å². The van der Waals surface area contributed by atoms with Crippen LogP contribution in [0.1, 0.15) is 36.2 Å². The summed E-state index contributed by atoms with van der Waals surface area (Å²) in [6.45, 7) is 9.20. The maximum atomic E-state index is 13.1. The van der Waals surface area contributed by atoms with Gasteiger partial charge in [-0.3, -0.25) is 4.79 Å². The highest BCUT2D eigenvalue weighted by molar-refractivity contribution is 5.97. The minimum absolute atomic E-state index is 0.0128. The van der Waals surface area contributed by atoms with Crippen molar-refractivity contribution < 1.29 is 4.79 Å². The fourth-order valence-electron chi connectivity index (χ4n) is 4.32. The van der Waals surface area contributed by atoms with Crippen LogP contribution in [-0.4, -0.2) is 39.0 Å². The fraction of sp³-hybridized carbons (Fsp3) is 0.304. The van der Waals surface area contributed by atoms with E-state index in [-0.39, 0.29) is 11.4 Å². The minimum Gasteiger partial charge on any atom is -0.399 e. The molecule has 150 valence electrons. The first-order valence-electron chi connectivity index (χ1n) is 9.84. The van der Waals surface area contributed by atoms with Crippen molar-refractivity contribution in [2.24, 2.45) is 17.4 Å². The molecule has 4 N–H and O–H groups in total. The van der Waals surface area contributed by atoms with Crippen molar-refractivity contribution in [3.8, 4) is 5.69 Å². The van der Waals surface area contributed by atoms with Crippen LogP contribution in [0, 0.1) is 5.92 Å². The highest BCUT2D eigenvalue weighted by Crippen LogP contribution is 2.26. The number of likely N-dealkylation sites (tertiary alicyclic amines) is 1. The molecule has 1 saturated heterocycles. The zero-order chi connectivity index (χ0) is 20.8. The number of rotatable bonds is 3. The Bertz CT molecular complexity index is 1080. The van der Waals surface area contributed by atoms with Gasteiger partial charge in [-0.15, -0.1) is 0 Å². The molecule has 4 rings (SSSR count). The average molecular weight is 390 g/mol. The lowest BCUT2D eigenvalue weighted by Gasteiger charge is -2.41. The highest BCUT2D eigenvalue weighted by atomic mass is 16.2. The molecule has 3 aromatic rings. The number of amides is 1. The predicted octanol–water partition coefficient (Wildman–Crippen LogP) is 3.15. The Morgan fingerprint density at radius 3 is 2.62 bits per heavy atom. The Morgan fingerprint density at radius 1 is 1.24 bits per heavy atom. The molecule has 0 bridgehead atoms. The quantitative estimate of drug-likeness (QED) is 0.720. The van der Waals surface area contributed by atoms with Gasteiger partial charge in [-0.05, 0) is 49.1 Å². The molecule has 1 fully saturated rings. The Balaban J connectivity index is 1.63. The first-order valence-corrected chi connectivity index (χ1v) is 9.84. The van der Waals surface area contributed by atoms with Crippen molar-refractivity contribution in [2.75, 3.05) is 13.1 Å². The first kappa shape index (κ1) is 19.2. The third kappa shape index (κ3) is 3.76. The molecule has 1 aliphatic rings. The zero-order valence-electron chi connectivity index (χ0n) is 16.9. The van der Waals surface area contributed by atoms with Gasteiger partial charge >= 0.3 is 0 Å². The largest absolute Gasteiger partial charge is 0.399 e. The topological polar surface area (TPSA) is 90.2 Å². The molecule has 6 heteroatoms. The number of nitrogens with zero attached hydrogens (tertiary/aromatic N) is 3. The second-order valence-corrected chi connectivity index (χ2v) is 8.54. The number of piperidine rings is 1. The lowest BCUT2D eigenvalue weighted by Crippen LogP contribution is -2.56. The van der Waals surface area contributed by atoms with Crippen molar-refractivity contribution in [3.05, 3.63) is 66.5 Å². The molecule has 2 aromatic heterocycles. The van der Waals surface area contributed by atoms with E-state index in [1.807, 2.05) is 59.0 Å². The smallest absolute Gasteiger partial charge is 0.255 e. The number of carbonyl (C=O) groups is 1. The number of hydrogen-bond donors (Lipinski definition) is 2. The van der Waals surface area contributed by atoms with Gasteiger partial charge in [-0.1, -0.05) is 25.6 Å². The van der Waals surface area contributed by atoms with Crippen LogP contribution in [0.4, 0.5) is 0 Å². The van der Waals surface area contributed by atoms with Gasteiger partial charge in [-0.2, -0.15) is 0 Å². The highest BCUT2D eigenvalue weighted by Gasteiger charge is 2.34. The molecule has 0 aliphatic carbocycles. The minimum atomic E-state index is -0.352. The van der Waals surface area contributed by atoms with E-state index in [0.29, 0.717) is 23.7 Å². The molecule has 1 amide bonds. The molecular formula is C23H27N5O. The van der Waals surface area contributed by atoms with Gasteiger partial charge in [0.15, 0.2) is 0 Å². The van der Waals surface area contributed by atoms with E-state index in [1.165, 1.54) is 0 Å². The second kappa shape index (κ2) is 7.04. The number of benzene rings is 1. The second-order valence-electron chi connectivity index (χ2n) is 8.54. The van der Waals surface area contributed by atoms with Crippen molar-refractivity contribution in [2.45, 2.75) is 25.8 Å². The van der Waals surface area contributed by atoms with Crippen LogP contribution in [0.5, 0.6) is 0 Å². The molecule has 0 radical (unpaired) electrons. The van der Waals surface area contributed by atoms with E-state index >= 15 is 0 Å². The van der Waals surface area contributed by atoms with E-state index in [0.717, 1.165) is 35.2 Å². The lowest BCUT2D eigenvalue weighted by molar-refractivity contribution is 0.0585. The molecule has 3 heterocycles. The summed E-state index contributed by atoms with van der Waals surface area (Å²) in [5, 5.41) is 0.920. The summed E-state index contributed by atoms with van der Waals surface area (Å²) < 4.78 is 1.99. The standard InChI is InChI=1S/C23H27N5O/c1-15-11-23(3,25)14-27(13-15)22(29)19-10-18-8-9-28(21(18)26-12-19)20-6-4-17(5-7-20)16(2)24/h4-10,12,15H,2,11,13-14,24-25H2,1,3H3/t15-,23-/m0/s1. The monoisotopic (exact) mass is 389 g/mol. The number of pyridine rings is 1. The molecule has 6 nitrogen and oxygen atoms in total. The Labute approximate surface area is 170 Å². The van der Waals surface area contributed by atoms with Crippen molar-refractivity contribution in [1.82, 2.24) is 14.5 Å². The van der Waals surface area contributed by atoms with Crippen molar-refractivity contribution in [1.29, 1.82) is 0 Å². The Hall–Kier alpha value is -3.12. The van der Waals surface area contributed by atoms with Gasteiger partial charge in [-0.25, -0.2) is 4.98 Å². The number of nitrogens with two attached hydrogens (primary N) is 2. The van der Waals surface area contributed by atoms with Crippen LogP contribution in [0.2, 0.25) is 0 Å². The molecule has 0 spiro atoms. The molecule has 0 unspecified atom stereocenters. The molecule has 0 saturated carbocycles. The van der Waals surface area contributed by atoms with Gasteiger partial charge in [0.05, 0.1) is 5.56 Å². The van der Waals surface area contributed by atoms with Crippen LogP contribution in [0.25, 0.3) is 22.4 Å².